The molecule has 0 bridgehead atoms. The molecule has 23 heavy (non-hydrogen) atoms. The third-order valence-corrected chi connectivity index (χ3v) is 5.12. The maximum absolute atomic E-state index is 12.4. The molecule has 4 unspecified atom stereocenters. The van der Waals surface area contributed by atoms with Crippen LogP contribution in [0.15, 0.2) is 0 Å². The third-order valence-electron chi connectivity index (χ3n) is 5.12. The zero-order valence-corrected chi connectivity index (χ0v) is 14.4. The molecule has 4 atom stereocenters. The fourth-order valence-electron chi connectivity index (χ4n) is 3.67. The van der Waals surface area contributed by atoms with E-state index in [2.05, 4.69) is 20.8 Å². The maximum atomic E-state index is 12.4. The normalized spacial score (nSPS) is 32.1. The molecule has 0 radical (unpaired) electrons. The Balaban J connectivity index is 1.92. The molecule has 0 spiro atoms. The average molecular weight is 327 g/mol. The predicted molar refractivity (Wildman–Crippen MR) is 85.0 cm³/mol. The molecule has 0 aromatic heterocycles. The lowest BCUT2D eigenvalue weighted by Gasteiger charge is -2.38. The number of morpholine rings is 1. The van der Waals surface area contributed by atoms with Gasteiger partial charge in [-0.05, 0) is 30.6 Å². The molecular weight excluding hydrogens is 298 g/mol. The zero-order valence-electron chi connectivity index (χ0n) is 14.4. The number of carbonyl (C=O) groups is 2. The summed E-state index contributed by atoms with van der Waals surface area (Å²) in [7, 11) is 0. The van der Waals surface area contributed by atoms with Gasteiger partial charge in [0.05, 0.1) is 19.3 Å². The van der Waals surface area contributed by atoms with E-state index < -0.39 is 12.0 Å². The lowest BCUT2D eigenvalue weighted by molar-refractivity contribution is -0.162. The summed E-state index contributed by atoms with van der Waals surface area (Å²) in [6.45, 7) is 7.32. The van der Waals surface area contributed by atoms with Crippen LogP contribution in [0.2, 0.25) is 0 Å². The van der Waals surface area contributed by atoms with Crippen molar-refractivity contribution in [3.05, 3.63) is 0 Å². The third kappa shape index (κ3) is 4.67. The molecule has 0 aromatic carbocycles. The average Bonchev–Trinajstić information content (AvgIpc) is 2.52. The molecule has 1 N–H and O–H groups in total. The number of carbonyl (C=O) groups excluding carboxylic acids is 1. The number of hydrogen-bond acceptors (Lipinski definition) is 4. The largest absolute Gasteiger partial charge is 0.480 e. The summed E-state index contributed by atoms with van der Waals surface area (Å²) in [5, 5.41) is 9.21. The second kappa shape index (κ2) is 8.11. The van der Waals surface area contributed by atoms with Crippen molar-refractivity contribution in [1.82, 2.24) is 4.90 Å². The fourth-order valence-corrected chi connectivity index (χ4v) is 3.67. The Morgan fingerprint density at radius 1 is 1.35 bits per heavy atom. The van der Waals surface area contributed by atoms with Gasteiger partial charge in [-0.2, -0.15) is 0 Å². The summed E-state index contributed by atoms with van der Waals surface area (Å²) >= 11 is 0. The molecule has 2 rings (SSSR count). The highest BCUT2D eigenvalue weighted by atomic mass is 16.5. The summed E-state index contributed by atoms with van der Waals surface area (Å²) < 4.78 is 11.1. The van der Waals surface area contributed by atoms with E-state index in [1.54, 1.807) is 0 Å². The van der Waals surface area contributed by atoms with E-state index in [0.717, 1.165) is 12.8 Å². The van der Waals surface area contributed by atoms with Gasteiger partial charge in [-0.3, -0.25) is 4.79 Å². The lowest BCUT2D eigenvalue weighted by Crippen LogP contribution is -2.54. The van der Waals surface area contributed by atoms with Crippen molar-refractivity contribution in [2.24, 2.45) is 17.8 Å². The van der Waals surface area contributed by atoms with Crippen LogP contribution in [-0.2, 0) is 19.1 Å². The van der Waals surface area contributed by atoms with E-state index in [9.17, 15) is 14.7 Å². The maximum Gasteiger partial charge on any atom is 0.328 e. The highest BCUT2D eigenvalue weighted by molar-refractivity contribution is 5.84. The standard InChI is InChI=1S/C17H29NO5/c1-11(2)13-5-4-12(3)8-15(13)23-10-16(19)18-6-7-22-9-14(18)17(20)21/h11-15H,4-10H2,1-3H3,(H,20,21). The van der Waals surface area contributed by atoms with Crippen molar-refractivity contribution in [3.8, 4) is 0 Å². The van der Waals surface area contributed by atoms with Crippen LogP contribution in [-0.4, -0.2) is 60.4 Å². The van der Waals surface area contributed by atoms with Gasteiger partial charge in [0, 0.05) is 6.54 Å². The number of carboxylic acids is 1. The summed E-state index contributed by atoms with van der Waals surface area (Å²) in [6.07, 6.45) is 3.41. The Labute approximate surface area is 138 Å². The van der Waals surface area contributed by atoms with Crippen LogP contribution >= 0.6 is 0 Å². The monoisotopic (exact) mass is 327 g/mol. The van der Waals surface area contributed by atoms with E-state index in [0.29, 0.717) is 30.9 Å². The van der Waals surface area contributed by atoms with Crippen LogP contribution in [0.25, 0.3) is 0 Å². The van der Waals surface area contributed by atoms with Gasteiger partial charge in [0.2, 0.25) is 5.91 Å². The van der Waals surface area contributed by atoms with E-state index in [1.807, 2.05) is 0 Å². The minimum atomic E-state index is -1.02. The van der Waals surface area contributed by atoms with E-state index >= 15 is 0 Å². The van der Waals surface area contributed by atoms with Gasteiger partial charge >= 0.3 is 5.97 Å². The molecule has 6 heteroatoms. The van der Waals surface area contributed by atoms with Gasteiger partial charge in [-0.1, -0.05) is 27.2 Å². The molecule has 2 aliphatic rings. The number of amides is 1. The first-order valence-electron chi connectivity index (χ1n) is 8.61. The van der Waals surface area contributed by atoms with Crippen molar-refractivity contribution in [2.75, 3.05) is 26.4 Å². The Hall–Kier alpha value is -1.14. The van der Waals surface area contributed by atoms with Gasteiger partial charge in [-0.25, -0.2) is 4.79 Å². The number of aliphatic carboxylic acids is 1. The number of hydrogen-bond donors (Lipinski definition) is 1. The molecule has 0 aromatic rings. The molecule has 1 aliphatic heterocycles. The first-order valence-corrected chi connectivity index (χ1v) is 8.61. The van der Waals surface area contributed by atoms with Crippen molar-refractivity contribution >= 4 is 11.9 Å². The minimum Gasteiger partial charge on any atom is -0.480 e. The van der Waals surface area contributed by atoms with Gasteiger partial charge in [0.25, 0.3) is 0 Å². The quantitative estimate of drug-likeness (QED) is 0.833. The Kier molecular flexibility index (Phi) is 6.41. The second-order valence-electron chi connectivity index (χ2n) is 7.19. The number of carboxylic acid groups (broad SMARTS) is 1. The first-order chi connectivity index (χ1) is 10.9. The van der Waals surface area contributed by atoms with Gasteiger partial charge < -0.3 is 19.5 Å². The first kappa shape index (κ1) is 18.2. The smallest absolute Gasteiger partial charge is 0.328 e. The zero-order chi connectivity index (χ0) is 17.0. The van der Waals surface area contributed by atoms with Crippen LogP contribution in [0.4, 0.5) is 0 Å². The number of nitrogens with zero attached hydrogens (tertiary/aromatic N) is 1. The Morgan fingerprint density at radius 2 is 2.09 bits per heavy atom. The summed E-state index contributed by atoms with van der Waals surface area (Å²) in [4.78, 5) is 25.0. The van der Waals surface area contributed by atoms with E-state index in [1.165, 1.54) is 11.3 Å². The topological polar surface area (TPSA) is 76.1 Å². The molecule has 1 amide bonds. The highest BCUT2D eigenvalue weighted by Gasteiger charge is 2.35. The molecule has 2 fully saturated rings. The Morgan fingerprint density at radius 3 is 2.74 bits per heavy atom. The lowest BCUT2D eigenvalue weighted by atomic mass is 9.75. The van der Waals surface area contributed by atoms with Crippen molar-refractivity contribution < 1.29 is 24.2 Å². The molecule has 1 saturated heterocycles. The van der Waals surface area contributed by atoms with Crippen molar-refractivity contribution in [1.29, 1.82) is 0 Å². The summed E-state index contributed by atoms with van der Waals surface area (Å²) in [5.41, 5.74) is 0. The van der Waals surface area contributed by atoms with E-state index in [-0.39, 0.29) is 25.2 Å². The van der Waals surface area contributed by atoms with Crippen molar-refractivity contribution in [2.45, 2.75) is 52.2 Å². The van der Waals surface area contributed by atoms with Gasteiger partial charge in [-0.15, -0.1) is 0 Å². The van der Waals surface area contributed by atoms with Gasteiger partial charge in [0.15, 0.2) is 6.04 Å². The van der Waals surface area contributed by atoms with Crippen LogP contribution in [0, 0.1) is 17.8 Å². The SMILES string of the molecule is CC1CCC(C(C)C)C(OCC(=O)N2CCOCC2C(=O)O)C1. The van der Waals surface area contributed by atoms with Crippen LogP contribution in [0.5, 0.6) is 0 Å². The number of ether oxygens (including phenoxy) is 2. The molecule has 6 nitrogen and oxygen atoms in total. The highest BCUT2D eigenvalue weighted by Crippen LogP contribution is 2.35. The fraction of sp³-hybridized carbons (Fsp3) is 0.882. The molecule has 1 heterocycles. The molecule has 1 saturated carbocycles. The number of rotatable bonds is 5. The molecule has 1 aliphatic carbocycles. The van der Waals surface area contributed by atoms with Crippen LogP contribution < -0.4 is 0 Å². The minimum absolute atomic E-state index is 0.0373. The molecular formula is C17H29NO5. The van der Waals surface area contributed by atoms with Gasteiger partial charge in [0.1, 0.15) is 6.61 Å². The summed E-state index contributed by atoms with van der Waals surface area (Å²) in [5.74, 6) is 0.336. The van der Waals surface area contributed by atoms with Crippen LogP contribution in [0.3, 0.4) is 0 Å². The predicted octanol–water partition coefficient (Wildman–Crippen LogP) is 1.78. The summed E-state index contributed by atoms with van der Waals surface area (Å²) in [6, 6.07) is -0.897. The second-order valence-corrected chi connectivity index (χ2v) is 7.19. The van der Waals surface area contributed by atoms with Crippen LogP contribution in [0.1, 0.15) is 40.0 Å². The van der Waals surface area contributed by atoms with Crippen molar-refractivity contribution in [3.63, 3.8) is 0 Å². The molecule has 132 valence electrons. The Bertz CT molecular complexity index is 425. The van der Waals surface area contributed by atoms with E-state index in [4.69, 9.17) is 9.47 Å².